The Labute approximate surface area is 144 Å². The Hall–Kier alpha value is -1.96. The zero-order valence-corrected chi connectivity index (χ0v) is 15.5. The lowest BCUT2D eigenvalue weighted by Crippen LogP contribution is -2.43. The maximum Gasteiger partial charge on any atom is 0.408 e. The van der Waals surface area contributed by atoms with E-state index in [9.17, 15) is 13.8 Å². The third-order valence-corrected chi connectivity index (χ3v) is 3.89. The quantitative estimate of drug-likeness (QED) is 0.791. The van der Waals surface area contributed by atoms with Crippen molar-refractivity contribution < 1.29 is 18.5 Å². The molecular weight excluding hydrogens is 330 g/mol. The number of pyridine rings is 1. The van der Waals surface area contributed by atoms with Crippen LogP contribution in [-0.4, -0.2) is 32.8 Å². The highest BCUT2D eigenvalue weighted by Crippen LogP contribution is 2.11. The number of nitrogens with zero attached hydrogens (tertiary/aromatic N) is 2. The predicted molar refractivity (Wildman–Crippen MR) is 92.1 cm³/mol. The molecule has 1 unspecified atom stereocenters. The Morgan fingerprint density at radius 2 is 1.88 bits per heavy atom. The van der Waals surface area contributed by atoms with Crippen LogP contribution in [0.15, 0.2) is 33.8 Å². The molecule has 8 heteroatoms. The highest BCUT2D eigenvalue weighted by atomic mass is 32.2. The van der Waals surface area contributed by atoms with Crippen LogP contribution in [0, 0.1) is 5.92 Å². The number of amides is 2. The second-order valence-corrected chi connectivity index (χ2v) is 8.01. The SMILES string of the molecule is CC(C)C[C@H](NC(=O)OC(C)(C)C)C(=O)/N=[SH](=O)/c1ccncc1. The number of hydrogen-bond acceptors (Lipinski definition) is 5. The van der Waals surface area contributed by atoms with Crippen molar-refractivity contribution >= 4 is 22.6 Å². The number of hydrogen-bond donors (Lipinski definition) is 2. The fourth-order valence-electron chi connectivity index (χ4n) is 1.83. The van der Waals surface area contributed by atoms with E-state index in [-0.39, 0.29) is 5.92 Å². The maximum atomic E-state index is 12.3. The second-order valence-electron chi connectivity index (χ2n) is 6.74. The van der Waals surface area contributed by atoms with Crippen molar-refractivity contribution in [2.75, 3.05) is 0 Å². The van der Waals surface area contributed by atoms with Gasteiger partial charge in [0.1, 0.15) is 11.6 Å². The molecule has 0 radical (unpaired) electrons. The van der Waals surface area contributed by atoms with Gasteiger partial charge in [0.2, 0.25) is 0 Å². The highest BCUT2D eigenvalue weighted by Gasteiger charge is 2.25. The van der Waals surface area contributed by atoms with Crippen molar-refractivity contribution in [3.05, 3.63) is 24.5 Å². The molecule has 2 amide bonds. The Morgan fingerprint density at radius 1 is 1.29 bits per heavy atom. The molecule has 24 heavy (non-hydrogen) atoms. The van der Waals surface area contributed by atoms with Crippen molar-refractivity contribution in [3.63, 3.8) is 0 Å². The number of carbonyl (C=O) groups excluding carboxylic acids is 2. The highest BCUT2D eigenvalue weighted by molar-refractivity contribution is 7.75. The lowest BCUT2D eigenvalue weighted by Gasteiger charge is -2.23. The van der Waals surface area contributed by atoms with E-state index in [1.165, 1.54) is 24.5 Å². The molecule has 134 valence electrons. The zero-order valence-electron chi connectivity index (χ0n) is 14.6. The van der Waals surface area contributed by atoms with Crippen LogP contribution in [0.3, 0.4) is 0 Å². The molecule has 1 heterocycles. The summed E-state index contributed by atoms with van der Waals surface area (Å²) in [5.41, 5.74) is -0.672. The number of aromatic nitrogens is 1. The molecule has 1 N–H and O–H groups in total. The number of carbonyl (C=O) groups is 2. The van der Waals surface area contributed by atoms with E-state index in [1.54, 1.807) is 20.8 Å². The third-order valence-electron chi connectivity index (χ3n) is 2.77. The first kappa shape index (κ1) is 20.1. The third kappa shape index (κ3) is 7.54. The first-order valence-electron chi connectivity index (χ1n) is 7.71. The topological polar surface area (TPSA) is 97.7 Å². The molecule has 0 saturated heterocycles. The van der Waals surface area contributed by atoms with Gasteiger partial charge in [-0.2, -0.15) is 4.36 Å². The van der Waals surface area contributed by atoms with Crippen LogP contribution in [0.2, 0.25) is 0 Å². The van der Waals surface area contributed by atoms with Gasteiger partial charge in [-0.25, -0.2) is 9.00 Å². The lowest BCUT2D eigenvalue weighted by atomic mass is 10.0. The van der Waals surface area contributed by atoms with Gasteiger partial charge in [-0.3, -0.25) is 9.78 Å². The molecule has 1 rings (SSSR count). The van der Waals surface area contributed by atoms with Gasteiger partial charge in [0.05, 0.1) is 10.6 Å². The number of rotatable bonds is 5. The van der Waals surface area contributed by atoms with E-state index in [0.717, 1.165) is 0 Å². The predicted octanol–water partition coefficient (Wildman–Crippen LogP) is 2.57. The van der Waals surface area contributed by atoms with Crippen molar-refractivity contribution in [2.45, 2.75) is 57.6 Å². The van der Waals surface area contributed by atoms with Gasteiger partial charge >= 0.3 is 6.09 Å². The summed E-state index contributed by atoms with van der Waals surface area (Å²) >= 11 is 0. The molecule has 0 aliphatic rings. The van der Waals surface area contributed by atoms with Crippen LogP contribution in [0.4, 0.5) is 4.79 Å². The number of ether oxygens (including phenoxy) is 1. The summed E-state index contributed by atoms with van der Waals surface area (Å²) in [6.45, 7) is 9.03. The van der Waals surface area contributed by atoms with Gasteiger partial charge in [0.25, 0.3) is 5.91 Å². The van der Waals surface area contributed by atoms with E-state index < -0.39 is 34.2 Å². The summed E-state index contributed by atoms with van der Waals surface area (Å²) in [5, 5.41) is 2.52. The minimum absolute atomic E-state index is 0.142. The van der Waals surface area contributed by atoms with E-state index >= 15 is 0 Å². The molecule has 2 atom stereocenters. The minimum atomic E-state index is -2.23. The average molecular weight is 355 g/mol. The smallest absolute Gasteiger partial charge is 0.408 e. The Balaban J connectivity index is 2.89. The Bertz CT molecular complexity index is 647. The molecule has 1 aromatic heterocycles. The van der Waals surface area contributed by atoms with Crippen LogP contribution in [-0.2, 0) is 20.1 Å². The van der Waals surface area contributed by atoms with Gasteiger partial charge in [-0.15, -0.1) is 0 Å². The van der Waals surface area contributed by atoms with Gasteiger partial charge in [0, 0.05) is 17.3 Å². The summed E-state index contributed by atoms with van der Waals surface area (Å²) in [7, 11) is -2.23. The second kappa shape index (κ2) is 8.77. The zero-order chi connectivity index (χ0) is 18.3. The van der Waals surface area contributed by atoms with Crippen LogP contribution in [0.1, 0.15) is 41.0 Å². The largest absolute Gasteiger partial charge is 0.444 e. The molecule has 0 fully saturated rings. The number of alkyl carbamates (subject to hydrolysis) is 1. The van der Waals surface area contributed by atoms with Crippen molar-refractivity contribution in [1.29, 1.82) is 0 Å². The van der Waals surface area contributed by atoms with Crippen LogP contribution in [0.25, 0.3) is 0 Å². The summed E-state index contributed by atoms with van der Waals surface area (Å²) in [6, 6.07) is 2.20. The maximum absolute atomic E-state index is 12.3. The molecule has 0 bridgehead atoms. The first-order chi connectivity index (χ1) is 11.1. The average Bonchev–Trinajstić information content (AvgIpc) is 2.44. The summed E-state index contributed by atoms with van der Waals surface area (Å²) in [6.07, 6.45) is 2.64. The lowest BCUT2D eigenvalue weighted by molar-refractivity contribution is -0.120. The van der Waals surface area contributed by atoms with Gasteiger partial charge in [-0.05, 0) is 45.2 Å². The van der Waals surface area contributed by atoms with Gasteiger partial charge in [-0.1, -0.05) is 13.8 Å². The van der Waals surface area contributed by atoms with Crippen molar-refractivity contribution in [2.24, 2.45) is 10.3 Å². The van der Waals surface area contributed by atoms with Gasteiger partial charge in [0.15, 0.2) is 0 Å². The van der Waals surface area contributed by atoms with Gasteiger partial charge < -0.3 is 10.1 Å². The van der Waals surface area contributed by atoms with Crippen LogP contribution in [0.5, 0.6) is 0 Å². The summed E-state index contributed by atoms with van der Waals surface area (Å²) < 4.78 is 21.0. The van der Waals surface area contributed by atoms with E-state index in [0.29, 0.717) is 11.3 Å². The normalized spacial score (nSPS) is 14.2. The molecule has 7 nitrogen and oxygen atoms in total. The molecule has 0 aliphatic heterocycles. The van der Waals surface area contributed by atoms with Crippen molar-refractivity contribution in [3.8, 4) is 0 Å². The molecule has 0 aromatic carbocycles. The minimum Gasteiger partial charge on any atom is -0.444 e. The van der Waals surface area contributed by atoms with Crippen LogP contribution < -0.4 is 5.32 Å². The summed E-state index contributed by atoms with van der Waals surface area (Å²) in [4.78, 5) is 28.5. The molecule has 0 spiro atoms. The first-order valence-corrected chi connectivity index (χ1v) is 8.92. The number of thiol groups is 1. The fourth-order valence-corrected chi connectivity index (χ4v) is 2.65. The van der Waals surface area contributed by atoms with E-state index in [1.807, 2.05) is 13.8 Å². The molecule has 0 saturated carbocycles. The van der Waals surface area contributed by atoms with E-state index in [2.05, 4.69) is 14.7 Å². The molecular formula is C16H25N3O4S. The standard InChI is InChI=1S/C16H25N3O4S/c1-11(2)10-13(18-15(21)23-16(3,4)5)14(20)19-24(22)12-6-8-17-9-7-12/h6-9,11,13,24H,10H2,1-5H3,(H,18,21)/t13-/m0/s1. The van der Waals surface area contributed by atoms with E-state index in [4.69, 9.17) is 4.74 Å². The Kier molecular flexibility index (Phi) is 7.34. The monoisotopic (exact) mass is 355 g/mol. The molecule has 1 aromatic rings. The fraction of sp³-hybridized carbons (Fsp3) is 0.562. The van der Waals surface area contributed by atoms with Crippen LogP contribution >= 0.6 is 0 Å². The van der Waals surface area contributed by atoms with Crippen molar-refractivity contribution in [1.82, 2.24) is 10.3 Å². The summed E-state index contributed by atoms with van der Waals surface area (Å²) in [5.74, 6) is -0.490. The Morgan fingerprint density at radius 3 is 2.38 bits per heavy atom. The number of nitrogens with one attached hydrogen (secondary N) is 1. The molecule has 0 aliphatic carbocycles.